The lowest BCUT2D eigenvalue weighted by Gasteiger charge is -2.27. The predicted octanol–water partition coefficient (Wildman–Crippen LogP) is 3.49. The summed E-state index contributed by atoms with van der Waals surface area (Å²) in [4.78, 5) is 24.2. The van der Waals surface area contributed by atoms with Crippen LogP contribution < -0.4 is 5.32 Å². The third-order valence-electron chi connectivity index (χ3n) is 5.57. The molecular weight excluding hydrogens is 330 g/mol. The first-order chi connectivity index (χ1) is 12.6. The molecule has 0 aromatic heterocycles. The van der Waals surface area contributed by atoms with Gasteiger partial charge in [-0.05, 0) is 41.4 Å². The average molecular weight is 351 g/mol. The van der Waals surface area contributed by atoms with E-state index in [0.717, 1.165) is 30.4 Å². The number of hydrogen-bond donors (Lipinski definition) is 2. The molecule has 0 saturated heterocycles. The van der Waals surface area contributed by atoms with Crippen molar-refractivity contribution in [3.8, 4) is 0 Å². The van der Waals surface area contributed by atoms with Gasteiger partial charge in [0.1, 0.15) is 12.6 Å². The van der Waals surface area contributed by atoms with E-state index in [0.29, 0.717) is 0 Å². The van der Waals surface area contributed by atoms with Gasteiger partial charge in [-0.25, -0.2) is 9.59 Å². The van der Waals surface area contributed by atoms with E-state index in [9.17, 15) is 14.7 Å². The van der Waals surface area contributed by atoms with Crippen molar-refractivity contribution in [2.24, 2.45) is 5.41 Å². The fourth-order valence-electron chi connectivity index (χ4n) is 4.18. The number of carboxylic acids is 1. The van der Waals surface area contributed by atoms with E-state index < -0.39 is 18.1 Å². The van der Waals surface area contributed by atoms with Gasteiger partial charge in [0.2, 0.25) is 0 Å². The zero-order chi connectivity index (χ0) is 18.1. The van der Waals surface area contributed by atoms with E-state index >= 15 is 0 Å². The summed E-state index contributed by atoms with van der Waals surface area (Å²) < 4.78 is 5.23. The fraction of sp³-hybridized carbons (Fsp3) is 0.333. The third kappa shape index (κ3) is 3.05. The standard InChI is InChI=1S/C21H21NO4/c23-19(24)18(22-20(25)26-13-14-6-2-1-3-7-14)17-16-9-5-4-8-15(16)12-21(17)10-11-21/h1-9,17-18H,10-13H2,(H,22,25)(H,23,24)/t17?,18-/m0/s1. The maximum atomic E-state index is 12.2. The highest BCUT2D eigenvalue weighted by Crippen LogP contribution is 2.64. The Balaban J connectivity index is 1.49. The molecule has 1 saturated carbocycles. The Morgan fingerprint density at radius 3 is 2.50 bits per heavy atom. The summed E-state index contributed by atoms with van der Waals surface area (Å²) >= 11 is 0. The molecule has 2 aromatic carbocycles. The summed E-state index contributed by atoms with van der Waals surface area (Å²) in [5.41, 5.74) is 3.07. The van der Waals surface area contributed by atoms with Crippen molar-refractivity contribution in [1.82, 2.24) is 5.32 Å². The van der Waals surface area contributed by atoms with Gasteiger partial charge in [0, 0.05) is 5.92 Å². The Morgan fingerprint density at radius 2 is 1.81 bits per heavy atom. The Morgan fingerprint density at radius 1 is 1.12 bits per heavy atom. The molecule has 2 atom stereocenters. The third-order valence-corrected chi connectivity index (χ3v) is 5.57. The maximum absolute atomic E-state index is 12.2. The number of carbonyl (C=O) groups is 2. The largest absolute Gasteiger partial charge is 0.480 e. The SMILES string of the molecule is O=C(N[C@H](C(=O)O)C1c2ccccc2CC12CC2)OCc1ccccc1. The highest BCUT2D eigenvalue weighted by Gasteiger charge is 2.58. The first kappa shape index (κ1) is 16.6. The van der Waals surface area contributed by atoms with Crippen molar-refractivity contribution in [1.29, 1.82) is 0 Å². The lowest BCUT2D eigenvalue weighted by Crippen LogP contribution is -2.46. The minimum Gasteiger partial charge on any atom is -0.480 e. The molecule has 1 fully saturated rings. The van der Waals surface area contributed by atoms with Gasteiger partial charge in [0.25, 0.3) is 0 Å². The van der Waals surface area contributed by atoms with Crippen molar-refractivity contribution in [2.75, 3.05) is 0 Å². The van der Waals surface area contributed by atoms with Crippen LogP contribution in [-0.2, 0) is 22.6 Å². The number of rotatable bonds is 5. The predicted molar refractivity (Wildman–Crippen MR) is 95.7 cm³/mol. The fourth-order valence-corrected chi connectivity index (χ4v) is 4.18. The van der Waals surface area contributed by atoms with Crippen molar-refractivity contribution in [3.63, 3.8) is 0 Å². The normalized spacial score (nSPS) is 20.2. The monoisotopic (exact) mass is 351 g/mol. The summed E-state index contributed by atoms with van der Waals surface area (Å²) in [6.07, 6.45) is 2.19. The molecule has 2 aliphatic carbocycles. The Bertz CT molecular complexity index is 829. The van der Waals surface area contributed by atoms with Gasteiger partial charge in [-0.15, -0.1) is 0 Å². The summed E-state index contributed by atoms with van der Waals surface area (Å²) in [5, 5.41) is 12.4. The summed E-state index contributed by atoms with van der Waals surface area (Å²) in [5.74, 6) is -1.23. The lowest BCUT2D eigenvalue weighted by atomic mass is 9.83. The number of nitrogens with one attached hydrogen (secondary N) is 1. The van der Waals surface area contributed by atoms with Gasteiger partial charge < -0.3 is 15.2 Å². The number of carboxylic acid groups (broad SMARTS) is 1. The Kier molecular flexibility index (Phi) is 4.15. The first-order valence-electron chi connectivity index (χ1n) is 8.87. The van der Waals surface area contributed by atoms with E-state index in [1.807, 2.05) is 48.5 Å². The molecule has 5 nitrogen and oxygen atoms in total. The molecule has 1 spiro atoms. The second-order valence-electron chi connectivity index (χ2n) is 7.24. The van der Waals surface area contributed by atoms with E-state index in [1.54, 1.807) is 0 Å². The molecular formula is C21H21NO4. The molecule has 1 unspecified atom stereocenters. The second-order valence-corrected chi connectivity index (χ2v) is 7.24. The van der Waals surface area contributed by atoms with Crippen LogP contribution in [0.15, 0.2) is 54.6 Å². The molecule has 2 aromatic rings. The quantitative estimate of drug-likeness (QED) is 0.865. The number of aliphatic carboxylic acids is 1. The van der Waals surface area contributed by atoms with Crippen LogP contribution in [0.2, 0.25) is 0 Å². The van der Waals surface area contributed by atoms with Crippen LogP contribution in [0.3, 0.4) is 0 Å². The van der Waals surface area contributed by atoms with Crippen molar-refractivity contribution >= 4 is 12.1 Å². The van der Waals surface area contributed by atoms with Gasteiger partial charge in [-0.2, -0.15) is 0 Å². The van der Waals surface area contributed by atoms with E-state index in [2.05, 4.69) is 11.4 Å². The van der Waals surface area contributed by atoms with Crippen molar-refractivity contribution in [3.05, 3.63) is 71.3 Å². The van der Waals surface area contributed by atoms with Crippen LogP contribution in [-0.4, -0.2) is 23.2 Å². The molecule has 2 N–H and O–H groups in total. The highest BCUT2D eigenvalue weighted by atomic mass is 16.5. The molecule has 5 heteroatoms. The van der Waals surface area contributed by atoms with Crippen LogP contribution >= 0.6 is 0 Å². The van der Waals surface area contributed by atoms with Gasteiger partial charge in [0.15, 0.2) is 0 Å². The molecule has 0 bridgehead atoms. The number of fused-ring (bicyclic) bond motifs is 1. The molecule has 2 aliphatic rings. The number of amides is 1. The Labute approximate surface area is 152 Å². The molecule has 0 aliphatic heterocycles. The molecule has 26 heavy (non-hydrogen) atoms. The van der Waals surface area contributed by atoms with Crippen molar-refractivity contribution in [2.45, 2.75) is 37.8 Å². The second kappa shape index (κ2) is 6.48. The number of carbonyl (C=O) groups excluding carboxylic acids is 1. The van der Waals surface area contributed by atoms with E-state index in [-0.39, 0.29) is 17.9 Å². The number of alkyl carbamates (subject to hydrolysis) is 1. The summed E-state index contributed by atoms with van der Waals surface area (Å²) in [7, 11) is 0. The van der Waals surface area contributed by atoms with Crippen LogP contribution in [0.1, 0.15) is 35.4 Å². The zero-order valence-electron chi connectivity index (χ0n) is 14.4. The number of benzene rings is 2. The molecule has 1 amide bonds. The van der Waals surface area contributed by atoms with Gasteiger partial charge in [0.05, 0.1) is 0 Å². The smallest absolute Gasteiger partial charge is 0.408 e. The highest BCUT2D eigenvalue weighted by molar-refractivity contribution is 5.81. The maximum Gasteiger partial charge on any atom is 0.408 e. The van der Waals surface area contributed by atoms with Gasteiger partial charge >= 0.3 is 12.1 Å². The van der Waals surface area contributed by atoms with E-state index in [1.165, 1.54) is 5.56 Å². The van der Waals surface area contributed by atoms with Crippen LogP contribution in [0, 0.1) is 5.41 Å². The van der Waals surface area contributed by atoms with Gasteiger partial charge in [-0.1, -0.05) is 54.6 Å². The molecule has 4 rings (SSSR count). The average Bonchev–Trinajstić information content (AvgIpc) is 3.33. The lowest BCUT2D eigenvalue weighted by molar-refractivity contribution is -0.140. The number of hydrogen-bond acceptors (Lipinski definition) is 3. The summed E-state index contributed by atoms with van der Waals surface area (Å²) in [6.45, 7) is 0.116. The van der Waals surface area contributed by atoms with Crippen molar-refractivity contribution < 1.29 is 19.4 Å². The molecule has 0 radical (unpaired) electrons. The van der Waals surface area contributed by atoms with Crippen LogP contribution in [0.4, 0.5) is 4.79 Å². The van der Waals surface area contributed by atoms with Crippen LogP contribution in [0.5, 0.6) is 0 Å². The number of ether oxygens (including phenoxy) is 1. The Hall–Kier alpha value is -2.82. The van der Waals surface area contributed by atoms with Gasteiger partial charge in [-0.3, -0.25) is 0 Å². The molecule has 134 valence electrons. The minimum atomic E-state index is -1.02. The first-order valence-corrected chi connectivity index (χ1v) is 8.87. The van der Waals surface area contributed by atoms with Crippen LogP contribution in [0.25, 0.3) is 0 Å². The minimum absolute atomic E-state index is 0.0283. The van der Waals surface area contributed by atoms with E-state index in [4.69, 9.17) is 4.74 Å². The zero-order valence-corrected chi connectivity index (χ0v) is 14.4. The molecule has 0 heterocycles. The topological polar surface area (TPSA) is 75.6 Å². The summed E-state index contributed by atoms with van der Waals surface area (Å²) in [6, 6.07) is 16.3.